The van der Waals surface area contributed by atoms with Crippen molar-refractivity contribution >= 4 is 30.9 Å². The minimum absolute atomic E-state index is 0.373. The number of rotatable bonds is 8. The summed E-state index contributed by atoms with van der Waals surface area (Å²) in [7, 11) is -1.72. The smallest absolute Gasteiger partial charge is 0.257 e. The number of allylic oxidation sites excluding steroid dienone is 1. The topological polar surface area (TPSA) is 9.23 Å². The van der Waals surface area contributed by atoms with Crippen LogP contribution in [0, 0.1) is 5.41 Å². The van der Waals surface area contributed by atoms with Crippen molar-refractivity contribution in [2.45, 2.75) is 78.4 Å². The molecule has 0 aliphatic carbocycles. The molecule has 3 heteroatoms. The second kappa shape index (κ2) is 8.06. The molecular weight excluding hydrogens is 363 g/mol. The van der Waals surface area contributed by atoms with Crippen LogP contribution in [-0.2, 0) is 4.43 Å². The van der Waals surface area contributed by atoms with E-state index < -0.39 is 8.32 Å². The van der Waals surface area contributed by atoms with Gasteiger partial charge in [-0.3, -0.25) is 0 Å². The molecule has 0 unspecified atom stereocenters. The van der Waals surface area contributed by atoms with Crippen LogP contribution < -0.4 is 0 Å². The fourth-order valence-electron chi connectivity index (χ4n) is 3.00. The number of hydrogen-bond donors (Lipinski definition) is 0. The summed E-state index contributed by atoms with van der Waals surface area (Å²) in [4.78, 5) is 0. The van der Waals surface area contributed by atoms with Crippen molar-refractivity contribution in [3.05, 3.63) is 12.3 Å². The maximum atomic E-state index is 6.41. The maximum Gasteiger partial charge on any atom is 0.257 e. The lowest BCUT2D eigenvalue weighted by atomic mass is 9.92. The van der Waals surface area contributed by atoms with Gasteiger partial charge in [-0.15, -0.1) is 0 Å². The first-order valence-electron chi connectivity index (χ1n) is 7.49. The van der Waals surface area contributed by atoms with E-state index in [9.17, 15) is 0 Å². The molecular formula is C16H33IOSi. The predicted octanol–water partition coefficient (Wildman–Crippen LogP) is 6.54. The molecule has 0 heterocycles. The molecule has 0 aromatic heterocycles. The van der Waals surface area contributed by atoms with Gasteiger partial charge in [0.15, 0.2) is 0 Å². The zero-order chi connectivity index (χ0) is 15.3. The first-order valence-corrected chi connectivity index (χ1v) is 11.2. The first-order chi connectivity index (χ1) is 8.60. The van der Waals surface area contributed by atoms with Gasteiger partial charge >= 0.3 is 0 Å². The van der Waals surface area contributed by atoms with Gasteiger partial charge in [-0.05, 0) is 28.5 Å². The summed E-state index contributed by atoms with van der Waals surface area (Å²) in [6, 6.07) is 0. The van der Waals surface area contributed by atoms with Crippen molar-refractivity contribution in [1.29, 1.82) is 0 Å². The summed E-state index contributed by atoms with van der Waals surface area (Å²) >= 11 is 2.46. The van der Waals surface area contributed by atoms with Gasteiger partial charge in [0.25, 0.3) is 8.32 Å². The van der Waals surface area contributed by atoms with Crippen LogP contribution in [0.4, 0.5) is 0 Å². The highest BCUT2D eigenvalue weighted by atomic mass is 127. The molecule has 114 valence electrons. The van der Waals surface area contributed by atoms with Crippen LogP contribution in [0.2, 0.25) is 16.6 Å². The molecule has 0 spiro atoms. The summed E-state index contributed by atoms with van der Waals surface area (Å²) in [5, 5.41) is 0. The third-order valence-corrected chi connectivity index (χ3v) is 12.1. The molecule has 0 saturated carbocycles. The van der Waals surface area contributed by atoms with Crippen LogP contribution in [-0.4, -0.2) is 12.7 Å². The van der Waals surface area contributed by atoms with E-state index in [2.05, 4.69) is 84.1 Å². The Morgan fingerprint density at radius 2 is 1.42 bits per heavy atom. The summed E-state index contributed by atoms with van der Waals surface area (Å²) in [6.45, 7) is 18.6. The molecule has 0 fully saturated rings. The third-order valence-electron chi connectivity index (χ3n) is 4.11. The van der Waals surface area contributed by atoms with Crippen molar-refractivity contribution in [3.8, 4) is 0 Å². The molecule has 0 atom stereocenters. The van der Waals surface area contributed by atoms with E-state index in [1.165, 1.54) is 4.43 Å². The van der Waals surface area contributed by atoms with E-state index in [1.54, 1.807) is 0 Å². The molecule has 19 heavy (non-hydrogen) atoms. The largest absolute Gasteiger partial charge is 0.548 e. The lowest BCUT2D eigenvalue weighted by Crippen LogP contribution is -2.46. The van der Waals surface area contributed by atoms with Crippen molar-refractivity contribution in [1.82, 2.24) is 0 Å². The Balaban J connectivity index is 4.82. The van der Waals surface area contributed by atoms with Crippen LogP contribution in [0.3, 0.4) is 0 Å². The Hall–Kier alpha value is 0.487. The standard InChI is InChI=1S/C16H33IOSi/c1-13(2)19(14(3)4,15(5)6)18-11-9-10-16(7,8)12-17/h9,11,13-15H,10,12H2,1-8H3/b11-9+. The highest BCUT2D eigenvalue weighted by Crippen LogP contribution is 2.42. The minimum Gasteiger partial charge on any atom is -0.548 e. The van der Waals surface area contributed by atoms with Crippen molar-refractivity contribution < 1.29 is 4.43 Å². The zero-order valence-corrected chi connectivity index (χ0v) is 17.2. The molecule has 1 nitrogen and oxygen atoms in total. The third kappa shape index (κ3) is 5.41. The predicted molar refractivity (Wildman–Crippen MR) is 98.6 cm³/mol. The monoisotopic (exact) mass is 396 g/mol. The van der Waals surface area contributed by atoms with Gasteiger partial charge in [0.2, 0.25) is 0 Å². The summed E-state index contributed by atoms with van der Waals surface area (Å²) in [6.07, 6.45) is 5.34. The van der Waals surface area contributed by atoms with Gasteiger partial charge in [0, 0.05) is 4.43 Å². The molecule has 0 N–H and O–H groups in total. The Morgan fingerprint density at radius 3 is 1.74 bits per heavy atom. The van der Waals surface area contributed by atoms with Gasteiger partial charge < -0.3 is 4.43 Å². The van der Waals surface area contributed by atoms with Gasteiger partial charge in [0.1, 0.15) is 0 Å². The van der Waals surface area contributed by atoms with E-state index in [-0.39, 0.29) is 0 Å². The molecule has 0 bridgehead atoms. The van der Waals surface area contributed by atoms with E-state index in [0.29, 0.717) is 22.0 Å². The molecule has 0 radical (unpaired) electrons. The van der Waals surface area contributed by atoms with Crippen LogP contribution in [0.15, 0.2) is 12.3 Å². The lowest BCUT2D eigenvalue weighted by Gasteiger charge is -2.41. The van der Waals surface area contributed by atoms with Crippen LogP contribution >= 0.6 is 22.6 Å². The average molecular weight is 396 g/mol. The van der Waals surface area contributed by atoms with E-state index in [0.717, 1.165) is 6.42 Å². The van der Waals surface area contributed by atoms with E-state index >= 15 is 0 Å². The number of hydrogen-bond acceptors (Lipinski definition) is 1. The van der Waals surface area contributed by atoms with E-state index in [4.69, 9.17) is 4.43 Å². The maximum absolute atomic E-state index is 6.41. The van der Waals surface area contributed by atoms with Crippen molar-refractivity contribution in [2.75, 3.05) is 4.43 Å². The van der Waals surface area contributed by atoms with Gasteiger partial charge in [-0.2, -0.15) is 0 Å². The Morgan fingerprint density at radius 1 is 1.00 bits per heavy atom. The Bertz CT molecular complexity index is 261. The molecule has 0 amide bonds. The highest BCUT2D eigenvalue weighted by molar-refractivity contribution is 14.1. The number of halogens is 1. The summed E-state index contributed by atoms with van der Waals surface area (Å²) < 4.78 is 7.59. The molecule has 0 aromatic carbocycles. The second-order valence-electron chi connectivity index (χ2n) is 7.31. The highest BCUT2D eigenvalue weighted by Gasteiger charge is 2.46. The fraction of sp³-hybridized carbons (Fsp3) is 0.875. The fourth-order valence-corrected chi connectivity index (χ4v) is 8.46. The molecule has 0 saturated heterocycles. The summed E-state index contributed by atoms with van der Waals surface area (Å²) in [5.41, 5.74) is 2.32. The second-order valence-corrected chi connectivity index (χ2v) is 13.5. The molecule has 0 aliphatic rings. The first kappa shape index (κ1) is 19.5. The SMILES string of the molecule is CC(C)[Si](O/C=C/CC(C)(C)CI)(C(C)C)C(C)C. The average Bonchev–Trinajstić information content (AvgIpc) is 2.27. The minimum atomic E-state index is -1.72. The van der Waals surface area contributed by atoms with Crippen LogP contribution in [0.5, 0.6) is 0 Å². The zero-order valence-electron chi connectivity index (χ0n) is 14.1. The van der Waals surface area contributed by atoms with Gasteiger partial charge in [0.05, 0.1) is 6.26 Å². The Kier molecular flexibility index (Phi) is 8.26. The Labute approximate surface area is 135 Å². The quantitative estimate of drug-likeness (QED) is 0.196. The van der Waals surface area contributed by atoms with Crippen LogP contribution in [0.25, 0.3) is 0 Å². The summed E-state index contributed by atoms with van der Waals surface area (Å²) in [5.74, 6) is 0. The molecule has 0 aliphatic heterocycles. The number of alkyl halides is 1. The van der Waals surface area contributed by atoms with Crippen molar-refractivity contribution in [2.24, 2.45) is 5.41 Å². The normalized spacial score (nSPS) is 14.1. The van der Waals surface area contributed by atoms with Crippen molar-refractivity contribution in [3.63, 3.8) is 0 Å². The van der Waals surface area contributed by atoms with Crippen LogP contribution in [0.1, 0.15) is 61.8 Å². The molecule has 0 rings (SSSR count). The lowest BCUT2D eigenvalue weighted by molar-refractivity contribution is 0.400. The van der Waals surface area contributed by atoms with Gasteiger partial charge in [-0.1, -0.05) is 84.1 Å². The molecule has 0 aromatic rings. The van der Waals surface area contributed by atoms with E-state index in [1.807, 2.05) is 6.26 Å². The van der Waals surface area contributed by atoms with Gasteiger partial charge in [-0.25, -0.2) is 0 Å².